The van der Waals surface area contributed by atoms with E-state index < -0.39 is 0 Å². The third kappa shape index (κ3) is 3.46. The molecule has 1 heterocycles. The van der Waals surface area contributed by atoms with Crippen LogP contribution in [-0.4, -0.2) is 43.8 Å². The van der Waals surface area contributed by atoms with E-state index in [0.29, 0.717) is 17.5 Å². The summed E-state index contributed by atoms with van der Waals surface area (Å²) in [7, 11) is 1.81. The van der Waals surface area contributed by atoms with Crippen LogP contribution in [0, 0.1) is 11.3 Å². The van der Waals surface area contributed by atoms with E-state index in [2.05, 4.69) is 18.7 Å². The standard InChI is InChI=1S/C15H30N2O/c1-15(2)7-4-13(16)14(10-15)17-8-5-12(6-9-17)11-18-3/h12-14H,4-11,16H2,1-3H3. The van der Waals surface area contributed by atoms with Gasteiger partial charge in [0.25, 0.3) is 0 Å². The molecule has 1 aliphatic heterocycles. The molecule has 3 nitrogen and oxygen atoms in total. The molecule has 1 aliphatic carbocycles. The maximum atomic E-state index is 6.36. The molecule has 106 valence electrons. The molecular weight excluding hydrogens is 224 g/mol. The Kier molecular flexibility index (Phi) is 4.68. The molecule has 0 radical (unpaired) electrons. The quantitative estimate of drug-likeness (QED) is 0.839. The second-order valence-electron chi connectivity index (χ2n) is 7.07. The summed E-state index contributed by atoms with van der Waals surface area (Å²) in [5.74, 6) is 0.763. The van der Waals surface area contributed by atoms with Crippen molar-refractivity contribution in [2.45, 2.75) is 58.0 Å². The predicted molar refractivity (Wildman–Crippen MR) is 75.6 cm³/mol. The second-order valence-corrected chi connectivity index (χ2v) is 7.07. The fourth-order valence-electron chi connectivity index (χ4n) is 3.66. The van der Waals surface area contributed by atoms with E-state index in [1.54, 1.807) is 0 Å². The molecule has 2 atom stereocenters. The number of likely N-dealkylation sites (tertiary alicyclic amines) is 1. The molecule has 3 heteroatoms. The second kappa shape index (κ2) is 5.89. The highest BCUT2D eigenvalue weighted by Crippen LogP contribution is 2.37. The van der Waals surface area contributed by atoms with Crippen LogP contribution in [0.4, 0.5) is 0 Å². The third-order valence-corrected chi connectivity index (χ3v) is 4.93. The highest BCUT2D eigenvalue weighted by molar-refractivity contribution is 4.94. The molecule has 18 heavy (non-hydrogen) atoms. The first-order valence-corrected chi connectivity index (χ1v) is 7.50. The lowest BCUT2D eigenvalue weighted by molar-refractivity contribution is 0.0356. The van der Waals surface area contributed by atoms with Gasteiger partial charge in [-0.25, -0.2) is 0 Å². The van der Waals surface area contributed by atoms with Crippen LogP contribution in [0.5, 0.6) is 0 Å². The molecule has 1 saturated heterocycles. The van der Waals surface area contributed by atoms with E-state index in [1.165, 1.54) is 45.2 Å². The van der Waals surface area contributed by atoms with Crippen molar-refractivity contribution in [2.24, 2.45) is 17.1 Å². The smallest absolute Gasteiger partial charge is 0.0491 e. The maximum absolute atomic E-state index is 6.36. The van der Waals surface area contributed by atoms with Gasteiger partial charge in [0.2, 0.25) is 0 Å². The monoisotopic (exact) mass is 254 g/mol. The number of rotatable bonds is 3. The molecule has 1 saturated carbocycles. The Labute approximate surface area is 112 Å². The Morgan fingerprint density at radius 3 is 2.50 bits per heavy atom. The van der Waals surface area contributed by atoms with Crippen LogP contribution in [0.1, 0.15) is 46.0 Å². The minimum atomic E-state index is 0.386. The molecule has 2 fully saturated rings. The zero-order valence-electron chi connectivity index (χ0n) is 12.3. The Hall–Kier alpha value is -0.120. The summed E-state index contributed by atoms with van der Waals surface area (Å²) in [6.07, 6.45) is 6.29. The van der Waals surface area contributed by atoms with E-state index in [1.807, 2.05) is 7.11 Å². The van der Waals surface area contributed by atoms with Gasteiger partial charge in [-0.3, -0.25) is 4.90 Å². The van der Waals surface area contributed by atoms with Gasteiger partial charge in [-0.15, -0.1) is 0 Å². The summed E-state index contributed by atoms with van der Waals surface area (Å²) >= 11 is 0. The third-order valence-electron chi connectivity index (χ3n) is 4.93. The van der Waals surface area contributed by atoms with Crippen LogP contribution < -0.4 is 5.73 Å². The van der Waals surface area contributed by atoms with E-state index in [9.17, 15) is 0 Å². The van der Waals surface area contributed by atoms with Gasteiger partial charge in [-0.2, -0.15) is 0 Å². The first-order chi connectivity index (χ1) is 8.52. The molecule has 2 unspecified atom stereocenters. The molecular formula is C15H30N2O. The van der Waals surface area contributed by atoms with Crippen LogP contribution in [0.3, 0.4) is 0 Å². The van der Waals surface area contributed by atoms with Gasteiger partial charge in [0.05, 0.1) is 0 Å². The van der Waals surface area contributed by atoms with Crippen molar-refractivity contribution in [3.63, 3.8) is 0 Å². The van der Waals surface area contributed by atoms with Crippen molar-refractivity contribution >= 4 is 0 Å². The van der Waals surface area contributed by atoms with E-state index in [4.69, 9.17) is 10.5 Å². The number of nitrogens with zero attached hydrogens (tertiary/aromatic N) is 1. The fraction of sp³-hybridized carbons (Fsp3) is 1.00. The lowest BCUT2D eigenvalue weighted by atomic mass is 9.72. The van der Waals surface area contributed by atoms with Gasteiger partial charge in [-0.05, 0) is 56.5 Å². The van der Waals surface area contributed by atoms with Gasteiger partial charge in [-0.1, -0.05) is 13.8 Å². The molecule has 0 aromatic rings. The highest BCUT2D eigenvalue weighted by atomic mass is 16.5. The lowest BCUT2D eigenvalue weighted by Crippen LogP contribution is -2.55. The normalized spacial score (nSPS) is 34.7. The SMILES string of the molecule is COCC1CCN(C2CC(C)(C)CCC2N)CC1. The molecule has 0 spiro atoms. The highest BCUT2D eigenvalue weighted by Gasteiger charge is 2.37. The summed E-state index contributed by atoms with van der Waals surface area (Å²) in [6.45, 7) is 8.13. The zero-order valence-corrected chi connectivity index (χ0v) is 12.3. The number of hydrogen-bond donors (Lipinski definition) is 1. The first-order valence-electron chi connectivity index (χ1n) is 7.50. The predicted octanol–water partition coefficient (Wildman–Crippen LogP) is 2.25. The average molecular weight is 254 g/mol. The summed E-state index contributed by atoms with van der Waals surface area (Å²) in [4.78, 5) is 2.65. The van der Waals surface area contributed by atoms with E-state index in [0.717, 1.165) is 12.5 Å². The maximum Gasteiger partial charge on any atom is 0.0491 e. The minimum Gasteiger partial charge on any atom is -0.384 e. The van der Waals surface area contributed by atoms with Gasteiger partial charge in [0.15, 0.2) is 0 Å². The number of methoxy groups -OCH3 is 1. The van der Waals surface area contributed by atoms with Crippen LogP contribution in [-0.2, 0) is 4.74 Å². The van der Waals surface area contributed by atoms with Gasteiger partial charge in [0.1, 0.15) is 0 Å². The Balaban J connectivity index is 1.88. The molecule has 2 aliphatic rings. The average Bonchev–Trinajstić information content (AvgIpc) is 2.34. The molecule has 2 rings (SSSR count). The summed E-state index contributed by atoms with van der Waals surface area (Å²) in [6, 6.07) is 0.995. The van der Waals surface area contributed by atoms with Crippen LogP contribution in [0.2, 0.25) is 0 Å². The van der Waals surface area contributed by atoms with Crippen molar-refractivity contribution in [1.29, 1.82) is 0 Å². The number of piperidine rings is 1. The van der Waals surface area contributed by atoms with Crippen molar-refractivity contribution in [3.05, 3.63) is 0 Å². The van der Waals surface area contributed by atoms with Crippen molar-refractivity contribution in [3.8, 4) is 0 Å². The number of hydrogen-bond acceptors (Lipinski definition) is 3. The first kappa shape index (κ1) is 14.3. The Bertz CT molecular complexity index is 259. The molecule has 0 aromatic carbocycles. The number of ether oxygens (including phenoxy) is 1. The van der Waals surface area contributed by atoms with Crippen LogP contribution in [0.15, 0.2) is 0 Å². The summed E-state index contributed by atoms with van der Waals surface area (Å²) < 4.78 is 5.27. The van der Waals surface area contributed by atoms with E-state index in [-0.39, 0.29) is 0 Å². The van der Waals surface area contributed by atoms with Crippen molar-refractivity contribution in [2.75, 3.05) is 26.8 Å². The molecule has 2 N–H and O–H groups in total. The van der Waals surface area contributed by atoms with Gasteiger partial charge < -0.3 is 10.5 Å². The molecule has 0 amide bonds. The summed E-state index contributed by atoms with van der Waals surface area (Å²) in [5.41, 5.74) is 6.83. The van der Waals surface area contributed by atoms with E-state index >= 15 is 0 Å². The van der Waals surface area contributed by atoms with Crippen LogP contribution in [0.25, 0.3) is 0 Å². The largest absolute Gasteiger partial charge is 0.384 e. The zero-order chi connectivity index (χ0) is 13.2. The molecule has 0 bridgehead atoms. The van der Waals surface area contributed by atoms with Gasteiger partial charge in [0, 0.05) is 25.8 Å². The van der Waals surface area contributed by atoms with Crippen molar-refractivity contribution in [1.82, 2.24) is 4.90 Å². The Morgan fingerprint density at radius 2 is 1.89 bits per heavy atom. The fourth-order valence-corrected chi connectivity index (χ4v) is 3.66. The van der Waals surface area contributed by atoms with Crippen molar-refractivity contribution < 1.29 is 4.74 Å². The Morgan fingerprint density at radius 1 is 1.22 bits per heavy atom. The number of nitrogens with two attached hydrogens (primary N) is 1. The van der Waals surface area contributed by atoms with Gasteiger partial charge >= 0.3 is 0 Å². The molecule has 0 aromatic heterocycles. The topological polar surface area (TPSA) is 38.5 Å². The van der Waals surface area contributed by atoms with Crippen LogP contribution >= 0.6 is 0 Å². The lowest BCUT2D eigenvalue weighted by Gasteiger charge is -2.46. The minimum absolute atomic E-state index is 0.386. The summed E-state index contributed by atoms with van der Waals surface area (Å²) in [5, 5.41) is 0.